The van der Waals surface area contributed by atoms with Crippen molar-refractivity contribution in [1.82, 2.24) is 4.90 Å². The number of nitriles is 1. The summed E-state index contributed by atoms with van der Waals surface area (Å²) in [5, 5.41) is 13.3. The van der Waals surface area contributed by atoms with Gasteiger partial charge in [-0.05, 0) is 42.8 Å². The predicted molar refractivity (Wildman–Crippen MR) is 115 cm³/mol. The smallest absolute Gasteiger partial charge is 0.260 e. The van der Waals surface area contributed by atoms with Gasteiger partial charge >= 0.3 is 0 Å². The summed E-state index contributed by atoms with van der Waals surface area (Å²) in [5.74, 6) is 0.865. The van der Waals surface area contributed by atoms with Gasteiger partial charge in [-0.2, -0.15) is 5.26 Å². The van der Waals surface area contributed by atoms with E-state index in [1.807, 2.05) is 36.4 Å². The molecular formula is C23H21N3O2S. The van der Waals surface area contributed by atoms with Crippen molar-refractivity contribution in [1.29, 1.82) is 5.26 Å². The highest BCUT2D eigenvalue weighted by Crippen LogP contribution is 2.37. The summed E-state index contributed by atoms with van der Waals surface area (Å²) in [6.07, 6.45) is 0.839. The molecule has 0 unspecified atom stereocenters. The van der Waals surface area contributed by atoms with Gasteiger partial charge in [0.15, 0.2) is 0 Å². The lowest BCUT2D eigenvalue weighted by molar-refractivity contribution is 0.102. The number of para-hydroxylation sites is 2. The van der Waals surface area contributed by atoms with E-state index in [1.54, 1.807) is 18.2 Å². The summed E-state index contributed by atoms with van der Waals surface area (Å²) >= 11 is 1.50. The Kier molecular flexibility index (Phi) is 5.61. The molecule has 6 heteroatoms. The van der Waals surface area contributed by atoms with E-state index in [1.165, 1.54) is 16.2 Å². The van der Waals surface area contributed by atoms with Crippen LogP contribution in [0, 0.1) is 11.3 Å². The summed E-state index contributed by atoms with van der Waals surface area (Å²) in [4.78, 5) is 16.5. The first-order valence-electron chi connectivity index (χ1n) is 9.60. The average Bonchev–Trinajstić information content (AvgIpc) is 3.10. The van der Waals surface area contributed by atoms with Crippen molar-refractivity contribution in [2.45, 2.75) is 19.9 Å². The maximum Gasteiger partial charge on any atom is 0.260 e. The van der Waals surface area contributed by atoms with Gasteiger partial charge in [0.2, 0.25) is 0 Å². The number of fused-ring (bicyclic) bond motifs is 1. The van der Waals surface area contributed by atoms with Gasteiger partial charge in [0, 0.05) is 18.0 Å². The van der Waals surface area contributed by atoms with Gasteiger partial charge in [0.25, 0.3) is 5.91 Å². The van der Waals surface area contributed by atoms with E-state index < -0.39 is 0 Å². The van der Waals surface area contributed by atoms with Crippen molar-refractivity contribution in [3.05, 3.63) is 76.2 Å². The second-order valence-corrected chi connectivity index (χ2v) is 7.91. The monoisotopic (exact) mass is 403 g/mol. The fraction of sp³-hybridized carbons (Fsp3) is 0.217. The van der Waals surface area contributed by atoms with Gasteiger partial charge in [0.05, 0.1) is 11.1 Å². The number of thiophene rings is 1. The second kappa shape index (κ2) is 8.48. The third kappa shape index (κ3) is 4.02. The fourth-order valence-electron chi connectivity index (χ4n) is 3.46. The Morgan fingerprint density at radius 3 is 2.72 bits per heavy atom. The van der Waals surface area contributed by atoms with Crippen LogP contribution in [0.3, 0.4) is 0 Å². The Labute approximate surface area is 174 Å². The molecule has 4 rings (SSSR count). The molecule has 0 radical (unpaired) electrons. The van der Waals surface area contributed by atoms with Crippen LogP contribution in [0.15, 0.2) is 54.6 Å². The van der Waals surface area contributed by atoms with Gasteiger partial charge < -0.3 is 10.1 Å². The molecule has 2 aromatic carbocycles. The molecule has 0 bridgehead atoms. The molecule has 1 aromatic heterocycles. The highest BCUT2D eigenvalue weighted by atomic mass is 32.1. The number of ether oxygens (including phenoxy) is 1. The highest BCUT2D eigenvalue weighted by Gasteiger charge is 2.25. The average molecular weight is 404 g/mol. The van der Waals surface area contributed by atoms with Crippen molar-refractivity contribution < 1.29 is 9.53 Å². The number of carbonyl (C=O) groups is 1. The SMILES string of the molecule is CCN1CCc2c(sc(NC(=O)c3ccccc3Oc3ccccc3)c2C#N)C1. The number of hydrogen-bond donors (Lipinski definition) is 1. The molecule has 1 N–H and O–H groups in total. The van der Waals surface area contributed by atoms with E-state index in [0.717, 1.165) is 31.6 Å². The number of nitrogens with one attached hydrogen (secondary N) is 1. The number of amides is 1. The molecule has 1 aliphatic rings. The third-order valence-corrected chi connectivity index (χ3v) is 6.16. The molecule has 0 aliphatic carbocycles. The zero-order chi connectivity index (χ0) is 20.2. The number of nitrogens with zero attached hydrogens (tertiary/aromatic N) is 2. The maximum absolute atomic E-state index is 13.0. The molecule has 146 valence electrons. The summed E-state index contributed by atoms with van der Waals surface area (Å²) in [6, 6.07) is 18.8. The first kappa shape index (κ1) is 19.2. The van der Waals surface area contributed by atoms with Crippen molar-refractivity contribution in [2.24, 2.45) is 0 Å². The van der Waals surface area contributed by atoms with E-state index in [0.29, 0.717) is 27.6 Å². The second-order valence-electron chi connectivity index (χ2n) is 6.80. The fourth-order valence-corrected chi connectivity index (χ4v) is 4.70. The van der Waals surface area contributed by atoms with Crippen molar-refractivity contribution >= 4 is 22.2 Å². The van der Waals surface area contributed by atoms with Gasteiger partial charge in [-0.15, -0.1) is 11.3 Å². The predicted octanol–water partition coefficient (Wildman–Crippen LogP) is 5.04. The number of likely N-dealkylation sites (N-methyl/N-ethyl adjacent to an activating group) is 1. The van der Waals surface area contributed by atoms with E-state index in [9.17, 15) is 10.1 Å². The number of carbonyl (C=O) groups excluding carboxylic acids is 1. The topological polar surface area (TPSA) is 65.4 Å². The van der Waals surface area contributed by atoms with Crippen molar-refractivity contribution in [3.8, 4) is 17.6 Å². The molecule has 3 aromatic rings. The lowest BCUT2D eigenvalue weighted by Gasteiger charge is -2.24. The van der Waals surface area contributed by atoms with Crippen LogP contribution < -0.4 is 10.1 Å². The standard InChI is InChI=1S/C23H21N3O2S/c1-2-26-13-12-17-19(14-24)23(29-21(17)15-26)25-22(27)18-10-6-7-11-20(18)28-16-8-4-3-5-9-16/h3-11H,2,12-13,15H2,1H3,(H,25,27). The quantitative estimate of drug-likeness (QED) is 0.648. The third-order valence-electron chi connectivity index (χ3n) is 5.02. The number of hydrogen-bond acceptors (Lipinski definition) is 5. The molecular weight excluding hydrogens is 382 g/mol. The van der Waals surface area contributed by atoms with Crippen LogP contribution in [-0.2, 0) is 13.0 Å². The Hall–Kier alpha value is -3.14. The van der Waals surface area contributed by atoms with Crippen LogP contribution in [-0.4, -0.2) is 23.9 Å². The van der Waals surface area contributed by atoms with Gasteiger partial charge in [-0.25, -0.2) is 0 Å². The van der Waals surface area contributed by atoms with Crippen LogP contribution >= 0.6 is 11.3 Å². The van der Waals surface area contributed by atoms with Gasteiger partial charge in [0.1, 0.15) is 22.6 Å². The normalized spacial score (nSPS) is 13.4. The largest absolute Gasteiger partial charge is 0.457 e. The molecule has 0 fully saturated rings. The molecule has 0 spiro atoms. The summed E-state index contributed by atoms with van der Waals surface area (Å²) < 4.78 is 5.91. The summed E-state index contributed by atoms with van der Waals surface area (Å²) in [5.41, 5.74) is 2.10. The zero-order valence-electron chi connectivity index (χ0n) is 16.1. The Morgan fingerprint density at radius 2 is 1.97 bits per heavy atom. The first-order chi connectivity index (χ1) is 14.2. The number of benzene rings is 2. The summed E-state index contributed by atoms with van der Waals surface area (Å²) in [7, 11) is 0. The molecule has 0 atom stereocenters. The minimum Gasteiger partial charge on any atom is -0.457 e. The summed E-state index contributed by atoms with van der Waals surface area (Å²) in [6.45, 7) is 4.88. The Bertz CT molecular complexity index is 1070. The van der Waals surface area contributed by atoms with Crippen LogP contribution in [0.2, 0.25) is 0 Å². The number of anilines is 1. The highest BCUT2D eigenvalue weighted by molar-refractivity contribution is 7.16. The van der Waals surface area contributed by atoms with Crippen LogP contribution in [0.4, 0.5) is 5.00 Å². The molecule has 5 nitrogen and oxygen atoms in total. The van der Waals surface area contributed by atoms with Crippen molar-refractivity contribution in [3.63, 3.8) is 0 Å². The first-order valence-corrected chi connectivity index (χ1v) is 10.4. The Morgan fingerprint density at radius 1 is 1.21 bits per heavy atom. The van der Waals surface area contributed by atoms with E-state index in [-0.39, 0.29) is 5.91 Å². The molecule has 0 saturated carbocycles. The minimum atomic E-state index is -0.279. The van der Waals surface area contributed by atoms with E-state index in [4.69, 9.17) is 4.74 Å². The van der Waals surface area contributed by atoms with Crippen LogP contribution in [0.5, 0.6) is 11.5 Å². The molecule has 1 aliphatic heterocycles. The Balaban J connectivity index is 1.60. The molecule has 2 heterocycles. The minimum absolute atomic E-state index is 0.279. The van der Waals surface area contributed by atoms with Gasteiger partial charge in [-0.3, -0.25) is 9.69 Å². The lowest BCUT2D eigenvalue weighted by Crippen LogP contribution is -2.29. The molecule has 0 saturated heterocycles. The van der Waals surface area contributed by atoms with Crippen LogP contribution in [0.25, 0.3) is 0 Å². The van der Waals surface area contributed by atoms with E-state index in [2.05, 4.69) is 23.2 Å². The molecule has 29 heavy (non-hydrogen) atoms. The maximum atomic E-state index is 13.0. The van der Waals surface area contributed by atoms with Crippen molar-refractivity contribution in [2.75, 3.05) is 18.4 Å². The molecule has 1 amide bonds. The number of rotatable bonds is 5. The van der Waals surface area contributed by atoms with Gasteiger partial charge in [-0.1, -0.05) is 37.3 Å². The van der Waals surface area contributed by atoms with Crippen LogP contribution in [0.1, 0.15) is 33.3 Å². The lowest BCUT2D eigenvalue weighted by atomic mass is 10.0. The zero-order valence-corrected chi connectivity index (χ0v) is 17.0. The van der Waals surface area contributed by atoms with E-state index >= 15 is 0 Å².